The molecule has 2 aromatic rings. The maximum Gasteiger partial charge on any atom is 0.258 e. The second-order valence-electron chi connectivity index (χ2n) is 4.97. The van der Waals surface area contributed by atoms with E-state index in [0.29, 0.717) is 22.0 Å². The van der Waals surface area contributed by atoms with E-state index in [1.807, 2.05) is 42.6 Å². The summed E-state index contributed by atoms with van der Waals surface area (Å²) < 4.78 is 5.44. The highest BCUT2D eigenvalue weighted by Gasteiger charge is 2.28. The van der Waals surface area contributed by atoms with Crippen molar-refractivity contribution in [3.63, 3.8) is 0 Å². The molecule has 0 bridgehead atoms. The van der Waals surface area contributed by atoms with E-state index in [4.69, 9.17) is 9.78 Å². The van der Waals surface area contributed by atoms with E-state index in [-0.39, 0.29) is 0 Å². The lowest BCUT2D eigenvalue weighted by Gasteiger charge is -2.24. The molecular formula is C15H15N3OS2. The van der Waals surface area contributed by atoms with Crippen LogP contribution in [0.3, 0.4) is 0 Å². The first-order valence-corrected chi connectivity index (χ1v) is 8.86. The molecule has 108 valence electrons. The van der Waals surface area contributed by atoms with Crippen molar-refractivity contribution in [3.05, 3.63) is 35.2 Å². The van der Waals surface area contributed by atoms with Gasteiger partial charge in [0.15, 0.2) is 5.82 Å². The van der Waals surface area contributed by atoms with Crippen LogP contribution in [0.2, 0.25) is 0 Å². The average Bonchev–Trinajstić information content (AvgIpc) is 2.97. The van der Waals surface area contributed by atoms with Crippen LogP contribution in [0.1, 0.15) is 29.1 Å². The van der Waals surface area contributed by atoms with Crippen LogP contribution in [-0.2, 0) is 0 Å². The average molecular weight is 317 g/mol. The minimum atomic E-state index is 0.292. The maximum atomic E-state index is 8.92. The Kier molecular flexibility index (Phi) is 4.22. The molecule has 0 N–H and O–H groups in total. The fraction of sp³-hybridized carbons (Fsp3) is 0.400. The summed E-state index contributed by atoms with van der Waals surface area (Å²) in [4.78, 5) is 4.58. The van der Waals surface area contributed by atoms with Crippen LogP contribution in [0.4, 0.5) is 0 Å². The summed E-state index contributed by atoms with van der Waals surface area (Å²) in [7, 11) is 0. The zero-order chi connectivity index (χ0) is 14.8. The minimum Gasteiger partial charge on any atom is -0.334 e. The smallest absolute Gasteiger partial charge is 0.258 e. The molecule has 0 spiro atoms. The summed E-state index contributed by atoms with van der Waals surface area (Å²) in [6, 6.07) is 7.63. The van der Waals surface area contributed by atoms with Gasteiger partial charge >= 0.3 is 0 Å². The summed E-state index contributed by atoms with van der Waals surface area (Å²) in [6.07, 6.45) is 0. The van der Waals surface area contributed by atoms with E-state index < -0.39 is 0 Å². The number of nitrogens with zero attached hydrogens (tertiary/aromatic N) is 3. The van der Waals surface area contributed by atoms with Crippen molar-refractivity contribution in [2.24, 2.45) is 0 Å². The molecule has 0 saturated carbocycles. The second kappa shape index (κ2) is 6.12. The van der Waals surface area contributed by atoms with E-state index in [2.05, 4.69) is 23.1 Å². The van der Waals surface area contributed by atoms with Gasteiger partial charge in [-0.15, -0.1) is 11.8 Å². The molecular weight excluding hydrogens is 302 g/mol. The lowest BCUT2D eigenvalue weighted by molar-refractivity contribution is 0.421. The molecule has 0 aliphatic carbocycles. The predicted molar refractivity (Wildman–Crippen MR) is 86.3 cm³/mol. The van der Waals surface area contributed by atoms with Gasteiger partial charge in [-0.05, 0) is 30.7 Å². The summed E-state index contributed by atoms with van der Waals surface area (Å²) in [5, 5.41) is 13.9. The molecule has 2 heterocycles. The van der Waals surface area contributed by atoms with Gasteiger partial charge in [-0.3, -0.25) is 0 Å². The Morgan fingerprint density at radius 2 is 2.14 bits per heavy atom. The van der Waals surface area contributed by atoms with E-state index in [1.54, 1.807) is 6.07 Å². The Labute approximate surface area is 132 Å². The lowest BCUT2D eigenvalue weighted by atomic mass is 10.1. The molecule has 3 rings (SSSR count). The largest absolute Gasteiger partial charge is 0.334 e. The highest BCUT2D eigenvalue weighted by atomic mass is 32.2. The molecule has 1 aliphatic heterocycles. The summed E-state index contributed by atoms with van der Waals surface area (Å²) >= 11 is 3.85. The molecule has 1 fully saturated rings. The van der Waals surface area contributed by atoms with E-state index >= 15 is 0 Å². The van der Waals surface area contributed by atoms with Crippen LogP contribution < -0.4 is 0 Å². The van der Waals surface area contributed by atoms with Gasteiger partial charge in [-0.2, -0.15) is 22.0 Å². The molecule has 21 heavy (non-hydrogen) atoms. The van der Waals surface area contributed by atoms with Crippen molar-refractivity contribution in [2.75, 3.05) is 11.5 Å². The normalized spacial score (nSPS) is 22.0. The van der Waals surface area contributed by atoms with E-state index in [0.717, 1.165) is 22.7 Å². The van der Waals surface area contributed by atoms with Gasteiger partial charge < -0.3 is 4.52 Å². The van der Waals surface area contributed by atoms with Crippen molar-refractivity contribution in [1.29, 1.82) is 5.26 Å². The van der Waals surface area contributed by atoms with Crippen LogP contribution in [0.25, 0.3) is 11.5 Å². The quantitative estimate of drug-likeness (QED) is 0.839. The van der Waals surface area contributed by atoms with Crippen LogP contribution in [-0.4, -0.2) is 26.9 Å². The van der Waals surface area contributed by atoms with Crippen LogP contribution in [0.5, 0.6) is 0 Å². The molecule has 4 nitrogen and oxygen atoms in total. The van der Waals surface area contributed by atoms with Crippen molar-refractivity contribution < 1.29 is 4.52 Å². The molecule has 0 amide bonds. The van der Waals surface area contributed by atoms with Gasteiger partial charge in [-0.25, -0.2) is 0 Å². The lowest BCUT2D eigenvalue weighted by Crippen LogP contribution is -2.16. The second-order valence-corrected chi connectivity index (χ2v) is 7.70. The number of hydrogen-bond acceptors (Lipinski definition) is 6. The Bertz CT molecular complexity index is 692. The van der Waals surface area contributed by atoms with Gasteiger partial charge in [-0.1, -0.05) is 12.1 Å². The molecule has 0 radical (unpaired) electrons. The number of thioether (sulfide) groups is 2. The topological polar surface area (TPSA) is 62.7 Å². The zero-order valence-corrected chi connectivity index (χ0v) is 13.5. The third kappa shape index (κ3) is 2.94. The molecule has 1 aromatic heterocycles. The summed E-state index contributed by atoms with van der Waals surface area (Å²) in [6.45, 7) is 4.17. The van der Waals surface area contributed by atoms with Gasteiger partial charge in [0.05, 0.1) is 16.9 Å². The SMILES string of the molecule is Cc1cc(C#N)ccc1-c1nc(C2SCCSC2C)no1. The predicted octanol–water partition coefficient (Wildman–Crippen LogP) is 3.83. The number of benzene rings is 1. The molecule has 2 unspecified atom stereocenters. The highest BCUT2D eigenvalue weighted by Crippen LogP contribution is 2.41. The number of nitriles is 1. The maximum absolute atomic E-state index is 8.92. The Morgan fingerprint density at radius 1 is 1.33 bits per heavy atom. The Hall–Kier alpha value is -1.45. The van der Waals surface area contributed by atoms with Crippen LogP contribution >= 0.6 is 23.5 Å². The number of aromatic nitrogens is 2. The Balaban J connectivity index is 1.90. The van der Waals surface area contributed by atoms with Crippen LogP contribution in [0.15, 0.2) is 22.7 Å². The third-order valence-electron chi connectivity index (χ3n) is 3.47. The first-order chi connectivity index (χ1) is 10.2. The monoisotopic (exact) mass is 317 g/mol. The Morgan fingerprint density at radius 3 is 2.86 bits per heavy atom. The van der Waals surface area contributed by atoms with Crippen molar-refractivity contribution in [1.82, 2.24) is 10.1 Å². The molecule has 1 saturated heterocycles. The third-order valence-corrected chi connectivity index (χ3v) is 6.56. The fourth-order valence-corrected chi connectivity index (χ4v) is 5.03. The molecule has 1 aliphatic rings. The minimum absolute atomic E-state index is 0.292. The summed E-state index contributed by atoms with van der Waals surface area (Å²) in [5.74, 6) is 3.62. The number of aryl methyl sites for hydroxylation is 1. The fourth-order valence-electron chi connectivity index (χ4n) is 2.35. The first kappa shape index (κ1) is 14.5. The van der Waals surface area contributed by atoms with Crippen molar-refractivity contribution in [2.45, 2.75) is 24.3 Å². The number of rotatable bonds is 2. The van der Waals surface area contributed by atoms with Crippen LogP contribution in [0, 0.1) is 18.3 Å². The molecule has 2 atom stereocenters. The molecule has 6 heteroatoms. The van der Waals surface area contributed by atoms with Crippen molar-refractivity contribution >= 4 is 23.5 Å². The van der Waals surface area contributed by atoms with E-state index in [1.165, 1.54) is 5.75 Å². The van der Waals surface area contributed by atoms with Crippen molar-refractivity contribution in [3.8, 4) is 17.5 Å². The highest BCUT2D eigenvalue weighted by molar-refractivity contribution is 8.06. The molecule has 1 aromatic carbocycles. The van der Waals surface area contributed by atoms with Gasteiger partial charge in [0.1, 0.15) is 0 Å². The number of hydrogen-bond donors (Lipinski definition) is 0. The van der Waals surface area contributed by atoms with Gasteiger partial charge in [0, 0.05) is 22.3 Å². The first-order valence-electron chi connectivity index (χ1n) is 6.77. The van der Waals surface area contributed by atoms with Gasteiger partial charge in [0.2, 0.25) is 0 Å². The standard InChI is InChI=1S/C15H15N3OS2/c1-9-7-11(8-16)3-4-12(9)15-17-14(18-19-15)13-10(2)20-5-6-21-13/h3-4,7,10,13H,5-6H2,1-2H3. The zero-order valence-electron chi connectivity index (χ0n) is 11.9. The van der Waals surface area contributed by atoms with Gasteiger partial charge in [0.25, 0.3) is 5.89 Å². The van der Waals surface area contributed by atoms with E-state index in [9.17, 15) is 0 Å². The summed E-state index contributed by atoms with van der Waals surface area (Å²) in [5.41, 5.74) is 2.51.